The van der Waals surface area contributed by atoms with Crippen LogP contribution < -0.4 is 10.6 Å². The van der Waals surface area contributed by atoms with Crippen LogP contribution in [0.5, 0.6) is 0 Å². The standard InChI is InChI=1S/C19H24N4O.ClH/c24-19(15-8-10-20-11-9-15)21-16-6-4-14(5-7-16)17-13-23-12-2-1-3-18(23)22-17;/h4-7,13,15,20H,1-3,8-12H2,(H,21,24);1H. The summed E-state index contributed by atoms with van der Waals surface area (Å²) in [4.78, 5) is 17.1. The first-order chi connectivity index (χ1) is 11.8. The van der Waals surface area contributed by atoms with Crippen molar-refractivity contribution in [3.63, 3.8) is 0 Å². The number of benzene rings is 1. The first-order valence-corrected chi connectivity index (χ1v) is 8.98. The summed E-state index contributed by atoms with van der Waals surface area (Å²) in [5.41, 5.74) is 3.01. The van der Waals surface area contributed by atoms with E-state index in [2.05, 4.69) is 21.4 Å². The number of nitrogens with zero attached hydrogens (tertiary/aromatic N) is 2. The maximum Gasteiger partial charge on any atom is 0.227 e. The molecule has 5 nitrogen and oxygen atoms in total. The van der Waals surface area contributed by atoms with Gasteiger partial charge in [0.2, 0.25) is 5.91 Å². The molecule has 2 aliphatic heterocycles. The molecule has 134 valence electrons. The summed E-state index contributed by atoms with van der Waals surface area (Å²) in [6, 6.07) is 8.05. The highest BCUT2D eigenvalue weighted by Crippen LogP contribution is 2.24. The van der Waals surface area contributed by atoms with E-state index in [9.17, 15) is 4.79 Å². The van der Waals surface area contributed by atoms with E-state index in [1.165, 1.54) is 18.7 Å². The van der Waals surface area contributed by atoms with Crippen molar-refractivity contribution in [1.29, 1.82) is 0 Å². The van der Waals surface area contributed by atoms with E-state index < -0.39 is 0 Å². The highest BCUT2D eigenvalue weighted by molar-refractivity contribution is 5.92. The Morgan fingerprint density at radius 2 is 1.92 bits per heavy atom. The summed E-state index contributed by atoms with van der Waals surface area (Å²) >= 11 is 0. The molecule has 0 atom stereocenters. The van der Waals surface area contributed by atoms with E-state index in [1.54, 1.807) is 0 Å². The Labute approximate surface area is 154 Å². The molecule has 0 radical (unpaired) electrons. The molecular formula is C19H25ClN4O. The van der Waals surface area contributed by atoms with Gasteiger partial charge in [-0.25, -0.2) is 4.98 Å². The Morgan fingerprint density at radius 1 is 1.16 bits per heavy atom. The zero-order chi connectivity index (χ0) is 16.4. The summed E-state index contributed by atoms with van der Waals surface area (Å²) < 4.78 is 2.27. The SMILES string of the molecule is Cl.O=C(Nc1ccc(-c2cn3c(n2)CCCC3)cc1)C1CCNCC1. The number of aromatic nitrogens is 2. The quantitative estimate of drug-likeness (QED) is 0.883. The Hall–Kier alpha value is -1.85. The Balaban J connectivity index is 0.00000182. The van der Waals surface area contributed by atoms with Crippen molar-refractivity contribution in [3.05, 3.63) is 36.3 Å². The van der Waals surface area contributed by atoms with Crippen LogP contribution >= 0.6 is 12.4 Å². The third-order valence-corrected chi connectivity index (χ3v) is 5.07. The van der Waals surface area contributed by atoms with Crippen molar-refractivity contribution in [2.45, 2.75) is 38.6 Å². The van der Waals surface area contributed by atoms with Gasteiger partial charge in [0.05, 0.1) is 5.69 Å². The van der Waals surface area contributed by atoms with Gasteiger partial charge in [0.1, 0.15) is 5.82 Å². The topological polar surface area (TPSA) is 59.0 Å². The third kappa shape index (κ3) is 4.05. The van der Waals surface area contributed by atoms with Gasteiger partial charge >= 0.3 is 0 Å². The normalized spacial score (nSPS) is 17.4. The zero-order valence-electron chi connectivity index (χ0n) is 14.3. The Bertz CT molecular complexity index is 696. The molecule has 1 aromatic heterocycles. The Morgan fingerprint density at radius 3 is 2.64 bits per heavy atom. The molecule has 1 amide bonds. The molecule has 1 saturated heterocycles. The highest BCUT2D eigenvalue weighted by atomic mass is 35.5. The van der Waals surface area contributed by atoms with E-state index in [1.807, 2.05) is 24.3 Å². The molecule has 2 aliphatic rings. The summed E-state index contributed by atoms with van der Waals surface area (Å²) in [6.07, 6.45) is 7.54. The molecule has 1 fully saturated rings. The zero-order valence-corrected chi connectivity index (χ0v) is 15.1. The van der Waals surface area contributed by atoms with Gasteiger partial charge in [-0.2, -0.15) is 0 Å². The fourth-order valence-electron chi connectivity index (χ4n) is 3.60. The number of imidazole rings is 1. The number of amides is 1. The monoisotopic (exact) mass is 360 g/mol. The van der Waals surface area contributed by atoms with Crippen LogP contribution in [-0.4, -0.2) is 28.5 Å². The molecule has 4 rings (SSSR count). The van der Waals surface area contributed by atoms with Crippen LogP contribution in [0.4, 0.5) is 5.69 Å². The highest BCUT2D eigenvalue weighted by Gasteiger charge is 2.21. The summed E-state index contributed by atoms with van der Waals surface area (Å²) in [6.45, 7) is 2.94. The minimum Gasteiger partial charge on any atom is -0.334 e. The molecular weight excluding hydrogens is 336 g/mol. The third-order valence-electron chi connectivity index (χ3n) is 5.07. The van der Waals surface area contributed by atoms with E-state index in [0.29, 0.717) is 0 Å². The molecule has 2 aromatic rings. The van der Waals surface area contributed by atoms with Gasteiger partial charge in [-0.3, -0.25) is 4.79 Å². The molecule has 6 heteroatoms. The number of nitrogens with one attached hydrogen (secondary N) is 2. The van der Waals surface area contributed by atoms with Crippen molar-refractivity contribution in [3.8, 4) is 11.3 Å². The van der Waals surface area contributed by atoms with Crippen LogP contribution in [0.1, 0.15) is 31.5 Å². The predicted molar refractivity (Wildman–Crippen MR) is 102 cm³/mol. The summed E-state index contributed by atoms with van der Waals surface area (Å²) in [5, 5.41) is 6.34. The van der Waals surface area contributed by atoms with Crippen molar-refractivity contribution < 1.29 is 4.79 Å². The molecule has 0 aliphatic carbocycles. The van der Waals surface area contributed by atoms with E-state index in [-0.39, 0.29) is 24.2 Å². The number of carbonyl (C=O) groups excluding carboxylic acids is 1. The van der Waals surface area contributed by atoms with E-state index >= 15 is 0 Å². The number of aryl methyl sites for hydroxylation is 2. The van der Waals surface area contributed by atoms with E-state index in [4.69, 9.17) is 4.98 Å². The number of hydrogen-bond donors (Lipinski definition) is 2. The van der Waals surface area contributed by atoms with Crippen molar-refractivity contribution in [2.75, 3.05) is 18.4 Å². The van der Waals surface area contributed by atoms with Gasteiger partial charge in [0.25, 0.3) is 0 Å². The van der Waals surface area contributed by atoms with Crippen molar-refractivity contribution >= 4 is 24.0 Å². The second-order valence-electron chi connectivity index (χ2n) is 6.78. The first kappa shape index (κ1) is 18.0. The minimum absolute atomic E-state index is 0. The lowest BCUT2D eigenvalue weighted by Gasteiger charge is -2.21. The van der Waals surface area contributed by atoms with Crippen LogP contribution in [0.2, 0.25) is 0 Å². The van der Waals surface area contributed by atoms with Crippen LogP contribution in [0, 0.1) is 5.92 Å². The summed E-state index contributed by atoms with van der Waals surface area (Å²) in [7, 11) is 0. The van der Waals surface area contributed by atoms with Crippen LogP contribution in [0.3, 0.4) is 0 Å². The Kier molecular flexibility index (Phi) is 5.76. The fraction of sp³-hybridized carbons (Fsp3) is 0.474. The number of fused-ring (bicyclic) bond motifs is 1. The van der Waals surface area contributed by atoms with Crippen LogP contribution in [0.15, 0.2) is 30.5 Å². The van der Waals surface area contributed by atoms with Gasteiger partial charge in [0.15, 0.2) is 0 Å². The second-order valence-corrected chi connectivity index (χ2v) is 6.78. The average Bonchev–Trinajstić information content (AvgIpc) is 3.07. The number of piperidine rings is 1. The van der Waals surface area contributed by atoms with Crippen molar-refractivity contribution in [1.82, 2.24) is 14.9 Å². The lowest BCUT2D eigenvalue weighted by atomic mass is 9.97. The number of anilines is 1. The number of halogens is 1. The van der Waals surface area contributed by atoms with Gasteiger partial charge in [-0.15, -0.1) is 12.4 Å². The summed E-state index contributed by atoms with van der Waals surface area (Å²) in [5.74, 6) is 1.46. The molecule has 25 heavy (non-hydrogen) atoms. The van der Waals surface area contributed by atoms with Gasteiger partial charge in [-0.05, 0) is 50.9 Å². The molecule has 0 unspecified atom stereocenters. The smallest absolute Gasteiger partial charge is 0.227 e. The van der Waals surface area contributed by atoms with E-state index in [0.717, 1.165) is 55.8 Å². The van der Waals surface area contributed by atoms with Crippen LogP contribution in [0.25, 0.3) is 11.3 Å². The molecule has 2 N–H and O–H groups in total. The number of carbonyl (C=O) groups is 1. The number of rotatable bonds is 3. The largest absolute Gasteiger partial charge is 0.334 e. The maximum atomic E-state index is 12.3. The van der Waals surface area contributed by atoms with Gasteiger partial charge in [0, 0.05) is 36.3 Å². The predicted octanol–water partition coefficient (Wildman–Crippen LogP) is 3.25. The molecule has 0 spiro atoms. The molecule has 3 heterocycles. The number of hydrogen-bond acceptors (Lipinski definition) is 3. The first-order valence-electron chi connectivity index (χ1n) is 8.98. The fourth-order valence-corrected chi connectivity index (χ4v) is 3.60. The second kappa shape index (κ2) is 8.02. The average molecular weight is 361 g/mol. The molecule has 1 aromatic carbocycles. The van der Waals surface area contributed by atoms with Gasteiger partial charge in [-0.1, -0.05) is 12.1 Å². The lowest BCUT2D eigenvalue weighted by Crippen LogP contribution is -2.34. The van der Waals surface area contributed by atoms with Crippen LogP contribution in [-0.2, 0) is 17.8 Å². The minimum atomic E-state index is 0. The molecule has 0 saturated carbocycles. The van der Waals surface area contributed by atoms with Gasteiger partial charge < -0.3 is 15.2 Å². The maximum absolute atomic E-state index is 12.3. The van der Waals surface area contributed by atoms with Crippen molar-refractivity contribution in [2.24, 2.45) is 5.92 Å². The molecule has 0 bridgehead atoms. The lowest BCUT2D eigenvalue weighted by molar-refractivity contribution is -0.120.